The van der Waals surface area contributed by atoms with Gasteiger partial charge in [0.1, 0.15) is 6.26 Å². The van der Waals surface area contributed by atoms with Crippen molar-refractivity contribution in [2.75, 3.05) is 13.1 Å². The van der Waals surface area contributed by atoms with Crippen molar-refractivity contribution in [3.05, 3.63) is 24.2 Å². The second-order valence-corrected chi connectivity index (χ2v) is 4.96. The van der Waals surface area contributed by atoms with Gasteiger partial charge in [0.25, 0.3) is 5.91 Å². The maximum Gasteiger partial charge on any atom is 0.254 e. The first-order valence-electron chi connectivity index (χ1n) is 6.26. The average molecular weight is 236 g/mol. The molecule has 94 valence electrons. The second-order valence-electron chi connectivity index (χ2n) is 4.96. The molecule has 0 saturated heterocycles. The van der Waals surface area contributed by atoms with Gasteiger partial charge in [0.15, 0.2) is 0 Å². The molecular weight excluding hydrogens is 216 g/mol. The topological polar surface area (TPSA) is 68.3 Å². The van der Waals surface area contributed by atoms with Crippen LogP contribution in [0.25, 0.3) is 0 Å². The summed E-state index contributed by atoms with van der Waals surface area (Å²) >= 11 is 0. The van der Waals surface area contributed by atoms with Gasteiger partial charge in [-0.15, -0.1) is 0 Å². The quantitative estimate of drug-likeness (QED) is 0.839. The smallest absolute Gasteiger partial charge is 0.254 e. The zero-order valence-electron chi connectivity index (χ0n) is 10.1. The van der Waals surface area contributed by atoms with E-state index in [0.717, 1.165) is 12.8 Å². The highest BCUT2D eigenvalue weighted by Gasteiger charge is 2.31. The van der Waals surface area contributed by atoms with Gasteiger partial charge in [0.05, 0.1) is 11.8 Å². The van der Waals surface area contributed by atoms with Gasteiger partial charge >= 0.3 is 0 Å². The van der Waals surface area contributed by atoms with E-state index < -0.39 is 0 Å². The van der Waals surface area contributed by atoms with Gasteiger partial charge in [0.2, 0.25) is 0 Å². The van der Waals surface area contributed by atoms with Crippen LogP contribution in [0.4, 0.5) is 0 Å². The van der Waals surface area contributed by atoms with Crippen molar-refractivity contribution in [2.24, 2.45) is 11.1 Å². The SMILES string of the molecule is NCC1(CNC(=O)c2ccoc2)CCCCC1. The van der Waals surface area contributed by atoms with Gasteiger partial charge in [-0.2, -0.15) is 0 Å². The van der Waals surface area contributed by atoms with E-state index in [1.54, 1.807) is 6.07 Å². The molecule has 1 amide bonds. The van der Waals surface area contributed by atoms with Crippen molar-refractivity contribution in [2.45, 2.75) is 32.1 Å². The molecule has 0 atom stereocenters. The van der Waals surface area contributed by atoms with Crippen LogP contribution in [0.5, 0.6) is 0 Å². The van der Waals surface area contributed by atoms with Crippen LogP contribution in [0.1, 0.15) is 42.5 Å². The predicted molar refractivity (Wildman–Crippen MR) is 65.6 cm³/mol. The minimum Gasteiger partial charge on any atom is -0.472 e. The molecule has 0 aliphatic heterocycles. The molecule has 0 spiro atoms. The Morgan fingerprint density at radius 2 is 2.18 bits per heavy atom. The molecule has 1 aromatic rings. The number of hydrogen-bond donors (Lipinski definition) is 2. The fraction of sp³-hybridized carbons (Fsp3) is 0.615. The van der Waals surface area contributed by atoms with Crippen molar-refractivity contribution in [3.8, 4) is 0 Å². The van der Waals surface area contributed by atoms with Crippen LogP contribution in [-0.2, 0) is 0 Å². The summed E-state index contributed by atoms with van der Waals surface area (Å²) in [4.78, 5) is 11.8. The fourth-order valence-corrected chi connectivity index (χ4v) is 2.52. The number of amides is 1. The summed E-state index contributed by atoms with van der Waals surface area (Å²) in [6.07, 6.45) is 8.94. The number of furan rings is 1. The van der Waals surface area contributed by atoms with E-state index in [-0.39, 0.29) is 11.3 Å². The highest BCUT2D eigenvalue weighted by Crippen LogP contribution is 2.34. The molecular formula is C13H20N2O2. The van der Waals surface area contributed by atoms with E-state index in [9.17, 15) is 4.79 Å². The lowest BCUT2D eigenvalue weighted by atomic mass is 9.74. The second kappa shape index (κ2) is 5.36. The van der Waals surface area contributed by atoms with E-state index in [4.69, 9.17) is 10.2 Å². The molecule has 1 aliphatic carbocycles. The zero-order valence-corrected chi connectivity index (χ0v) is 10.1. The van der Waals surface area contributed by atoms with Crippen molar-refractivity contribution in [1.29, 1.82) is 0 Å². The van der Waals surface area contributed by atoms with E-state index in [1.165, 1.54) is 31.8 Å². The van der Waals surface area contributed by atoms with Gasteiger partial charge in [0, 0.05) is 6.54 Å². The Kier molecular flexibility index (Phi) is 3.84. The monoisotopic (exact) mass is 236 g/mol. The van der Waals surface area contributed by atoms with Crippen molar-refractivity contribution in [3.63, 3.8) is 0 Å². The summed E-state index contributed by atoms with van der Waals surface area (Å²) in [5.74, 6) is -0.0721. The molecule has 2 rings (SSSR count). The number of nitrogens with two attached hydrogens (primary N) is 1. The van der Waals surface area contributed by atoms with Crippen molar-refractivity contribution in [1.82, 2.24) is 5.32 Å². The van der Waals surface area contributed by atoms with Gasteiger partial charge in [-0.05, 0) is 30.9 Å². The molecule has 3 N–H and O–H groups in total. The Labute approximate surface area is 102 Å². The van der Waals surface area contributed by atoms with Crippen molar-refractivity contribution < 1.29 is 9.21 Å². The van der Waals surface area contributed by atoms with Crippen LogP contribution in [0, 0.1) is 5.41 Å². The fourth-order valence-electron chi connectivity index (χ4n) is 2.52. The molecule has 1 saturated carbocycles. The summed E-state index contributed by atoms with van der Waals surface area (Å²) in [5, 5.41) is 2.97. The highest BCUT2D eigenvalue weighted by atomic mass is 16.3. The van der Waals surface area contributed by atoms with Gasteiger partial charge < -0.3 is 15.5 Å². The number of nitrogens with one attached hydrogen (secondary N) is 1. The summed E-state index contributed by atoms with van der Waals surface area (Å²) in [7, 11) is 0. The maximum atomic E-state index is 11.8. The first-order chi connectivity index (χ1) is 8.26. The largest absolute Gasteiger partial charge is 0.472 e. The first kappa shape index (κ1) is 12.2. The molecule has 0 bridgehead atoms. The van der Waals surface area contributed by atoms with E-state index in [1.807, 2.05) is 0 Å². The van der Waals surface area contributed by atoms with Crippen molar-refractivity contribution >= 4 is 5.91 Å². The molecule has 4 nitrogen and oxygen atoms in total. The molecule has 4 heteroatoms. The zero-order chi connectivity index (χ0) is 12.1. The Balaban J connectivity index is 1.89. The first-order valence-corrected chi connectivity index (χ1v) is 6.26. The minimum atomic E-state index is -0.0721. The number of rotatable bonds is 4. The van der Waals surface area contributed by atoms with Crippen LogP contribution < -0.4 is 11.1 Å². The van der Waals surface area contributed by atoms with Gasteiger partial charge in [-0.3, -0.25) is 4.79 Å². The Bertz CT molecular complexity index is 354. The van der Waals surface area contributed by atoms with Crippen LogP contribution in [-0.4, -0.2) is 19.0 Å². The van der Waals surface area contributed by atoms with E-state index in [2.05, 4.69) is 5.32 Å². The summed E-state index contributed by atoms with van der Waals surface area (Å²) in [6.45, 7) is 1.33. The normalized spacial score (nSPS) is 18.9. The summed E-state index contributed by atoms with van der Waals surface area (Å²) in [5.41, 5.74) is 6.56. The lowest BCUT2D eigenvalue weighted by Gasteiger charge is -2.36. The Morgan fingerprint density at radius 1 is 1.41 bits per heavy atom. The summed E-state index contributed by atoms with van der Waals surface area (Å²) < 4.78 is 4.89. The van der Waals surface area contributed by atoms with Crippen LogP contribution in [0.3, 0.4) is 0 Å². The Morgan fingerprint density at radius 3 is 2.76 bits per heavy atom. The van der Waals surface area contributed by atoms with E-state index in [0.29, 0.717) is 18.7 Å². The Hall–Kier alpha value is -1.29. The number of hydrogen-bond acceptors (Lipinski definition) is 3. The van der Waals surface area contributed by atoms with Crippen LogP contribution >= 0.6 is 0 Å². The van der Waals surface area contributed by atoms with Gasteiger partial charge in [-0.25, -0.2) is 0 Å². The number of carbonyl (C=O) groups excluding carboxylic acids is 1. The van der Waals surface area contributed by atoms with E-state index >= 15 is 0 Å². The molecule has 1 heterocycles. The third-order valence-corrected chi connectivity index (χ3v) is 3.75. The lowest BCUT2D eigenvalue weighted by molar-refractivity contribution is 0.0913. The van der Waals surface area contributed by atoms with Crippen LogP contribution in [0.15, 0.2) is 23.0 Å². The van der Waals surface area contributed by atoms with Crippen LogP contribution in [0.2, 0.25) is 0 Å². The molecule has 0 aromatic carbocycles. The molecule has 0 radical (unpaired) electrons. The molecule has 17 heavy (non-hydrogen) atoms. The molecule has 1 fully saturated rings. The summed E-state index contributed by atoms with van der Waals surface area (Å²) in [6, 6.07) is 1.67. The third kappa shape index (κ3) is 2.88. The molecule has 1 aromatic heterocycles. The predicted octanol–water partition coefficient (Wildman–Crippen LogP) is 1.92. The van der Waals surface area contributed by atoms with Gasteiger partial charge in [-0.1, -0.05) is 19.3 Å². The highest BCUT2D eigenvalue weighted by molar-refractivity contribution is 5.93. The maximum absolute atomic E-state index is 11.8. The number of carbonyl (C=O) groups is 1. The lowest BCUT2D eigenvalue weighted by Crippen LogP contribution is -2.43. The third-order valence-electron chi connectivity index (χ3n) is 3.75. The minimum absolute atomic E-state index is 0.0721. The average Bonchev–Trinajstić information content (AvgIpc) is 2.91. The standard InChI is InChI=1S/C13H20N2O2/c14-9-13(5-2-1-3-6-13)10-15-12(16)11-4-7-17-8-11/h4,7-8H,1-3,5-6,9-10,14H2,(H,15,16). The molecule has 1 aliphatic rings. The molecule has 0 unspecified atom stereocenters.